The SMILES string of the molecule is Cn1ncnc1COc1cc(N)cc(Br)c1. The van der Waals surface area contributed by atoms with Crippen LogP contribution in [0.4, 0.5) is 5.69 Å². The first-order valence-corrected chi connectivity index (χ1v) is 5.46. The van der Waals surface area contributed by atoms with Crippen molar-refractivity contribution in [3.05, 3.63) is 34.8 Å². The van der Waals surface area contributed by atoms with Crippen LogP contribution in [0.5, 0.6) is 5.75 Å². The van der Waals surface area contributed by atoms with Crippen molar-refractivity contribution in [1.82, 2.24) is 14.8 Å². The minimum Gasteiger partial charge on any atom is -0.486 e. The normalized spacial score (nSPS) is 10.4. The van der Waals surface area contributed by atoms with Gasteiger partial charge in [0.05, 0.1) is 0 Å². The van der Waals surface area contributed by atoms with Crippen molar-refractivity contribution in [3.63, 3.8) is 0 Å². The van der Waals surface area contributed by atoms with Crippen molar-refractivity contribution in [3.8, 4) is 5.75 Å². The van der Waals surface area contributed by atoms with Crippen LogP contribution in [0.1, 0.15) is 5.82 Å². The Balaban J connectivity index is 2.07. The largest absolute Gasteiger partial charge is 0.486 e. The van der Waals surface area contributed by atoms with Crippen molar-refractivity contribution in [2.75, 3.05) is 5.73 Å². The fourth-order valence-electron chi connectivity index (χ4n) is 1.27. The fraction of sp³-hybridized carbons (Fsp3) is 0.200. The quantitative estimate of drug-likeness (QED) is 0.871. The van der Waals surface area contributed by atoms with Gasteiger partial charge in [0, 0.05) is 23.3 Å². The summed E-state index contributed by atoms with van der Waals surface area (Å²) in [6, 6.07) is 5.43. The number of nitrogen functional groups attached to an aromatic ring is 1. The summed E-state index contributed by atoms with van der Waals surface area (Å²) in [7, 11) is 1.82. The molecule has 0 aliphatic rings. The molecule has 0 unspecified atom stereocenters. The van der Waals surface area contributed by atoms with Crippen LogP contribution in [-0.4, -0.2) is 14.8 Å². The lowest BCUT2D eigenvalue weighted by Crippen LogP contribution is -2.04. The molecule has 1 aromatic heterocycles. The zero-order valence-electron chi connectivity index (χ0n) is 8.72. The highest BCUT2D eigenvalue weighted by Crippen LogP contribution is 2.23. The van der Waals surface area contributed by atoms with Crippen LogP contribution >= 0.6 is 15.9 Å². The Labute approximate surface area is 101 Å². The molecule has 0 aliphatic carbocycles. The van der Waals surface area contributed by atoms with Gasteiger partial charge in [-0.15, -0.1) is 0 Å². The van der Waals surface area contributed by atoms with E-state index in [2.05, 4.69) is 26.0 Å². The summed E-state index contributed by atoms with van der Waals surface area (Å²) in [5.41, 5.74) is 6.35. The van der Waals surface area contributed by atoms with E-state index in [1.54, 1.807) is 10.7 Å². The van der Waals surface area contributed by atoms with Gasteiger partial charge in [-0.3, -0.25) is 4.68 Å². The summed E-state index contributed by atoms with van der Waals surface area (Å²) in [4.78, 5) is 4.06. The van der Waals surface area contributed by atoms with Gasteiger partial charge in [-0.1, -0.05) is 15.9 Å². The third-order valence-corrected chi connectivity index (χ3v) is 2.52. The number of halogens is 1. The van der Waals surface area contributed by atoms with Gasteiger partial charge in [-0.05, 0) is 12.1 Å². The predicted octanol–water partition coefficient (Wildman–Crippen LogP) is 1.74. The molecule has 0 aliphatic heterocycles. The maximum atomic E-state index is 5.70. The van der Waals surface area contributed by atoms with Crippen molar-refractivity contribution in [2.45, 2.75) is 6.61 Å². The standard InChI is InChI=1S/C10H11BrN4O/c1-15-10(13-6-14-15)5-16-9-3-7(11)2-8(12)4-9/h2-4,6H,5,12H2,1H3. The first-order chi connectivity index (χ1) is 7.65. The number of nitrogens with two attached hydrogens (primary N) is 1. The molecular formula is C10H11BrN4O. The molecule has 0 bridgehead atoms. The molecule has 0 amide bonds. The van der Waals surface area contributed by atoms with E-state index >= 15 is 0 Å². The van der Waals surface area contributed by atoms with Crippen LogP contribution in [0.25, 0.3) is 0 Å². The molecule has 1 aromatic carbocycles. The second-order valence-corrected chi connectivity index (χ2v) is 4.22. The molecule has 2 N–H and O–H groups in total. The fourth-order valence-corrected chi connectivity index (χ4v) is 1.76. The number of nitrogens with zero attached hydrogens (tertiary/aromatic N) is 3. The number of aryl methyl sites for hydroxylation is 1. The summed E-state index contributed by atoms with van der Waals surface area (Å²) in [5.74, 6) is 1.47. The second kappa shape index (κ2) is 4.52. The number of hydrogen-bond donors (Lipinski definition) is 1. The van der Waals surface area contributed by atoms with Crippen molar-refractivity contribution < 1.29 is 4.74 Å². The molecule has 1 heterocycles. The molecule has 0 spiro atoms. The zero-order valence-corrected chi connectivity index (χ0v) is 10.3. The Hall–Kier alpha value is -1.56. The third-order valence-electron chi connectivity index (χ3n) is 2.07. The Kier molecular flexibility index (Phi) is 3.09. The molecule has 2 aromatic rings. The van der Waals surface area contributed by atoms with E-state index in [-0.39, 0.29) is 0 Å². The van der Waals surface area contributed by atoms with E-state index in [1.165, 1.54) is 6.33 Å². The van der Waals surface area contributed by atoms with Crippen molar-refractivity contribution >= 4 is 21.6 Å². The minimum atomic E-state index is 0.367. The number of benzene rings is 1. The predicted molar refractivity (Wildman–Crippen MR) is 63.9 cm³/mol. The van der Waals surface area contributed by atoms with Crippen LogP contribution < -0.4 is 10.5 Å². The lowest BCUT2D eigenvalue weighted by molar-refractivity contribution is 0.290. The summed E-state index contributed by atoms with van der Waals surface area (Å²) < 4.78 is 8.12. The van der Waals surface area contributed by atoms with E-state index in [0.29, 0.717) is 18.0 Å². The van der Waals surface area contributed by atoms with Crippen molar-refractivity contribution in [1.29, 1.82) is 0 Å². The number of aromatic nitrogens is 3. The maximum Gasteiger partial charge on any atom is 0.164 e. The molecule has 0 atom stereocenters. The number of anilines is 1. The molecule has 0 radical (unpaired) electrons. The maximum absolute atomic E-state index is 5.70. The molecule has 0 saturated heterocycles. The molecule has 0 fully saturated rings. The first kappa shape index (κ1) is 10.9. The third kappa shape index (κ3) is 2.52. The molecule has 2 rings (SSSR count). The van der Waals surface area contributed by atoms with Crippen molar-refractivity contribution in [2.24, 2.45) is 7.05 Å². The Bertz CT molecular complexity index is 477. The van der Waals surface area contributed by atoms with Crippen LogP contribution in [0.15, 0.2) is 29.0 Å². The lowest BCUT2D eigenvalue weighted by atomic mass is 10.3. The van der Waals surface area contributed by atoms with Gasteiger partial charge in [0.1, 0.15) is 18.7 Å². The average molecular weight is 283 g/mol. The summed E-state index contributed by atoms with van der Waals surface area (Å²) in [6.07, 6.45) is 1.49. The van der Waals surface area contributed by atoms with E-state index in [1.807, 2.05) is 19.2 Å². The van der Waals surface area contributed by atoms with Gasteiger partial charge in [0.2, 0.25) is 0 Å². The smallest absolute Gasteiger partial charge is 0.164 e. The highest BCUT2D eigenvalue weighted by Gasteiger charge is 2.03. The van der Waals surface area contributed by atoms with E-state index in [0.717, 1.165) is 10.3 Å². The van der Waals surface area contributed by atoms with Crippen LogP contribution in [0.2, 0.25) is 0 Å². The summed E-state index contributed by atoms with van der Waals surface area (Å²) >= 11 is 3.35. The van der Waals surface area contributed by atoms with Crippen LogP contribution in [0, 0.1) is 0 Å². The monoisotopic (exact) mass is 282 g/mol. The average Bonchev–Trinajstić information content (AvgIpc) is 2.59. The Morgan fingerprint density at radius 1 is 1.44 bits per heavy atom. The molecule has 6 heteroatoms. The van der Waals surface area contributed by atoms with Gasteiger partial charge < -0.3 is 10.5 Å². The topological polar surface area (TPSA) is 66.0 Å². The summed E-state index contributed by atoms with van der Waals surface area (Å²) in [5, 5.41) is 3.96. The minimum absolute atomic E-state index is 0.367. The van der Waals surface area contributed by atoms with E-state index in [9.17, 15) is 0 Å². The first-order valence-electron chi connectivity index (χ1n) is 4.67. The second-order valence-electron chi connectivity index (χ2n) is 3.31. The Morgan fingerprint density at radius 2 is 2.25 bits per heavy atom. The van der Waals surface area contributed by atoms with E-state index in [4.69, 9.17) is 10.5 Å². The van der Waals surface area contributed by atoms with Gasteiger partial charge in [-0.2, -0.15) is 5.10 Å². The summed E-state index contributed by atoms with van der Waals surface area (Å²) in [6.45, 7) is 0.367. The van der Waals surface area contributed by atoms with Gasteiger partial charge in [-0.25, -0.2) is 4.98 Å². The van der Waals surface area contributed by atoms with E-state index < -0.39 is 0 Å². The number of ether oxygens (including phenoxy) is 1. The molecule has 0 saturated carbocycles. The highest BCUT2D eigenvalue weighted by molar-refractivity contribution is 9.10. The van der Waals surface area contributed by atoms with Gasteiger partial charge in [0.25, 0.3) is 0 Å². The van der Waals surface area contributed by atoms with Gasteiger partial charge >= 0.3 is 0 Å². The zero-order chi connectivity index (χ0) is 11.5. The van der Waals surface area contributed by atoms with Gasteiger partial charge in [0.15, 0.2) is 5.82 Å². The molecular weight excluding hydrogens is 272 g/mol. The number of rotatable bonds is 3. The van der Waals surface area contributed by atoms with Crippen LogP contribution in [-0.2, 0) is 13.7 Å². The highest BCUT2D eigenvalue weighted by atomic mass is 79.9. The molecule has 16 heavy (non-hydrogen) atoms. The number of hydrogen-bond acceptors (Lipinski definition) is 4. The molecule has 5 nitrogen and oxygen atoms in total. The lowest BCUT2D eigenvalue weighted by Gasteiger charge is -2.06. The van der Waals surface area contributed by atoms with Crippen LogP contribution in [0.3, 0.4) is 0 Å². The molecule has 84 valence electrons. The Morgan fingerprint density at radius 3 is 2.88 bits per heavy atom.